The number of carbonyl (C=O) groups is 3. The van der Waals surface area contributed by atoms with Crippen molar-refractivity contribution in [1.29, 1.82) is 0 Å². The van der Waals surface area contributed by atoms with Crippen molar-refractivity contribution in [3.8, 4) is 5.75 Å². The number of carbonyl (C=O) groups excluding carboxylic acids is 3. The van der Waals surface area contributed by atoms with Gasteiger partial charge in [0, 0.05) is 37.0 Å². The molecule has 7 nitrogen and oxygen atoms in total. The monoisotopic (exact) mass is 359 g/mol. The molecule has 0 spiro atoms. The van der Waals surface area contributed by atoms with Crippen molar-refractivity contribution in [2.24, 2.45) is 11.7 Å². The van der Waals surface area contributed by atoms with Crippen LogP contribution < -0.4 is 15.8 Å². The fraction of sp³-hybridized carbons (Fsp3) is 0.526. The second-order valence-corrected chi connectivity index (χ2v) is 7.16. The average Bonchev–Trinajstić information content (AvgIpc) is 2.61. The van der Waals surface area contributed by atoms with Crippen molar-refractivity contribution in [2.75, 3.05) is 18.4 Å². The van der Waals surface area contributed by atoms with Crippen molar-refractivity contribution < 1.29 is 19.1 Å². The number of amides is 2. The highest BCUT2D eigenvalue weighted by atomic mass is 16.5. The van der Waals surface area contributed by atoms with E-state index in [2.05, 4.69) is 5.32 Å². The van der Waals surface area contributed by atoms with E-state index >= 15 is 0 Å². The van der Waals surface area contributed by atoms with Gasteiger partial charge in [0.2, 0.25) is 5.91 Å². The van der Waals surface area contributed by atoms with E-state index in [0.29, 0.717) is 49.4 Å². The lowest BCUT2D eigenvalue weighted by Gasteiger charge is -2.32. The summed E-state index contributed by atoms with van der Waals surface area (Å²) in [6.07, 6.45) is 1.07. The number of likely N-dealkylation sites (tertiary alicyclic amines) is 1. The molecule has 0 radical (unpaired) electrons. The number of hydrogen-bond acceptors (Lipinski definition) is 5. The molecule has 1 fully saturated rings. The van der Waals surface area contributed by atoms with Crippen LogP contribution >= 0.6 is 0 Å². The summed E-state index contributed by atoms with van der Waals surface area (Å²) in [7, 11) is 0. The molecule has 2 aliphatic rings. The zero-order valence-electron chi connectivity index (χ0n) is 15.2. The lowest BCUT2D eigenvalue weighted by Crippen LogP contribution is -2.42. The van der Waals surface area contributed by atoms with Crippen LogP contribution in [-0.2, 0) is 9.59 Å². The Morgan fingerprint density at radius 1 is 1.35 bits per heavy atom. The number of benzene rings is 1. The zero-order valence-corrected chi connectivity index (χ0v) is 15.2. The van der Waals surface area contributed by atoms with E-state index in [-0.39, 0.29) is 29.6 Å². The second-order valence-electron chi connectivity index (χ2n) is 7.16. The van der Waals surface area contributed by atoms with Gasteiger partial charge < -0.3 is 20.7 Å². The van der Waals surface area contributed by atoms with Gasteiger partial charge in [-0.05, 0) is 44.9 Å². The molecule has 26 heavy (non-hydrogen) atoms. The molecule has 2 unspecified atom stereocenters. The Labute approximate surface area is 152 Å². The first-order valence-corrected chi connectivity index (χ1v) is 9.04. The van der Waals surface area contributed by atoms with Crippen LogP contribution in [-0.4, -0.2) is 47.7 Å². The van der Waals surface area contributed by atoms with Gasteiger partial charge in [0.25, 0.3) is 5.91 Å². The van der Waals surface area contributed by atoms with E-state index in [0.717, 1.165) is 0 Å². The summed E-state index contributed by atoms with van der Waals surface area (Å²) < 4.78 is 5.52. The summed E-state index contributed by atoms with van der Waals surface area (Å²) >= 11 is 0. The van der Waals surface area contributed by atoms with E-state index < -0.39 is 6.10 Å². The molecule has 2 aliphatic heterocycles. The smallest absolute Gasteiger partial charge is 0.265 e. The van der Waals surface area contributed by atoms with Gasteiger partial charge in [-0.15, -0.1) is 0 Å². The van der Waals surface area contributed by atoms with Crippen LogP contribution in [0.1, 0.15) is 43.5 Å². The van der Waals surface area contributed by atoms with Gasteiger partial charge in [-0.3, -0.25) is 14.4 Å². The van der Waals surface area contributed by atoms with Gasteiger partial charge in [0.05, 0.1) is 5.69 Å². The maximum atomic E-state index is 12.8. The third kappa shape index (κ3) is 3.88. The van der Waals surface area contributed by atoms with E-state index in [4.69, 9.17) is 10.5 Å². The highest BCUT2D eigenvalue weighted by Gasteiger charge is 2.30. The fourth-order valence-corrected chi connectivity index (χ4v) is 3.39. The molecule has 0 bridgehead atoms. The minimum Gasteiger partial charge on any atom is -0.479 e. The molecule has 2 heterocycles. The van der Waals surface area contributed by atoms with E-state index in [1.165, 1.54) is 0 Å². The molecule has 7 heteroatoms. The average molecular weight is 359 g/mol. The minimum atomic E-state index is -0.540. The molecule has 3 N–H and O–H groups in total. The Kier molecular flexibility index (Phi) is 5.27. The Hall–Kier alpha value is -2.41. The molecule has 2 atom stereocenters. The number of hydrogen-bond donors (Lipinski definition) is 2. The number of Topliss-reactive ketones (excluding diaryl/α,β-unsaturated/α-hetero) is 1. The number of ketones is 1. The molecule has 3 rings (SSSR count). The summed E-state index contributed by atoms with van der Waals surface area (Å²) in [6.45, 7) is 4.64. The molecular weight excluding hydrogens is 334 g/mol. The Bertz CT molecular complexity index is 723. The maximum Gasteiger partial charge on any atom is 0.265 e. The predicted octanol–water partition coefficient (Wildman–Crippen LogP) is 1.56. The molecule has 0 aromatic heterocycles. The lowest BCUT2D eigenvalue weighted by molar-refractivity contribution is -0.132. The SMILES string of the molecule is CC(N)CC(=O)N1CCC(C(=O)c2ccc3c(c2)NC(=O)C(C)O3)CC1. The summed E-state index contributed by atoms with van der Waals surface area (Å²) in [4.78, 5) is 38.4. The molecular formula is C19H25N3O4. The largest absolute Gasteiger partial charge is 0.479 e. The topological polar surface area (TPSA) is 102 Å². The van der Waals surface area contributed by atoms with Crippen LogP contribution in [0.3, 0.4) is 0 Å². The van der Waals surface area contributed by atoms with Crippen molar-refractivity contribution in [3.05, 3.63) is 23.8 Å². The number of nitrogens with one attached hydrogen (secondary N) is 1. The first kappa shape index (κ1) is 18.4. The summed E-state index contributed by atoms with van der Waals surface area (Å²) in [5.74, 6) is 0.327. The fourth-order valence-electron chi connectivity index (χ4n) is 3.39. The van der Waals surface area contributed by atoms with Gasteiger partial charge in [0.15, 0.2) is 11.9 Å². The zero-order chi connectivity index (χ0) is 18.8. The molecule has 140 valence electrons. The van der Waals surface area contributed by atoms with Crippen LogP contribution in [0.2, 0.25) is 0 Å². The van der Waals surface area contributed by atoms with Crippen molar-refractivity contribution in [3.63, 3.8) is 0 Å². The van der Waals surface area contributed by atoms with Crippen LogP contribution in [0.5, 0.6) is 5.75 Å². The number of piperidine rings is 1. The second kappa shape index (κ2) is 7.45. The van der Waals surface area contributed by atoms with Crippen LogP contribution in [0.15, 0.2) is 18.2 Å². The summed E-state index contributed by atoms with van der Waals surface area (Å²) in [5.41, 5.74) is 6.77. The summed E-state index contributed by atoms with van der Waals surface area (Å²) in [5, 5.41) is 2.77. The van der Waals surface area contributed by atoms with Gasteiger partial charge in [-0.25, -0.2) is 0 Å². The first-order valence-electron chi connectivity index (χ1n) is 9.04. The van der Waals surface area contributed by atoms with Crippen molar-refractivity contribution >= 4 is 23.3 Å². The van der Waals surface area contributed by atoms with Gasteiger partial charge in [0.1, 0.15) is 5.75 Å². The predicted molar refractivity (Wildman–Crippen MR) is 97.1 cm³/mol. The normalized spacial score (nSPS) is 21.4. The maximum absolute atomic E-state index is 12.8. The van der Waals surface area contributed by atoms with E-state index in [1.807, 2.05) is 6.92 Å². The number of anilines is 1. The number of nitrogens with two attached hydrogens (primary N) is 1. The van der Waals surface area contributed by atoms with Gasteiger partial charge in [-0.2, -0.15) is 0 Å². The third-order valence-electron chi connectivity index (χ3n) is 4.91. The molecule has 1 saturated heterocycles. The van der Waals surface area contributed by atoms with Crippen LogP contribution in [0.25, 0.3) is 0 Å². The number of nitrogens with zero attached hydrogens (tertiary/aromatic N) is 1. The van der Waals surface area contributed by atoms with Crippen LogP contribution in [0, 0.1) is 5.92 Å². The number of ether oxygens (including phenoxy) is 1. The van der Waals surface area contributed by atoms with Crippen molar-refractivity contribution in [1.82, 2.24) is 4.90 Å². The first-order chi connectivity index (χ1) is 12.3. The van der Waals surface area contributed by atoms with Crippen molar-refractivity contribution in [2.45, 2.75) is 45.3 Å². The lowest BCUT2D eigenvalue weighted by atomic mass is 9.88. The molecule has 0 saturated carbocycles. The number of rotatable bonds is 4. The number of fused-ring (bicyclic) bond motifs is 1. The van der Waals surface area contributed by atoms with E-state index in [9.17, 15) is 14.4 Å². The Morgan fingerprint density at radius 2 is 2.04 bits per heavy atom. The summed E-state index contributed by atoms with van der Waals surface area (Å²) in [6, 6.07) is 4.98. The molecule has 0 aliphatic carbocycles. The quantitative estimate of drug-likeness (QED) is 0.795. The highest BCUT2D eigenvalue weighted by Crippen LogP contribution is 2.32. The molecule has 1 aromatic carbocycles. The standard InChI is InChI=1S/C19H25N3O4/c1-11(20)9-17(23)22-7-5-13(6-8-22)18(24)14-3-4-16-15(10-14)21-19(25)12(2)26-16/h3-4,10-13H,5-9,20H2,1-2H3,(H,21,25). The van der Waals surface area contributed by atoms with Gasteiger partial charge >= 0.3 is 0 Å². The minimum absolute atomic E-state index is 0.0416. The highest BCUT2D eigenvalue weighted by molar-refractivity contribution is 6.02. The Morgan fingerprint density at radius 3 is 2.69 bits per heavy atom. The molecule has 1 aromatic rings. The van der Waals surface area contributed by atoms with E-state index in [1.54, 1.807) is 30.0 Å². The molecule has 2 amide bonds. The van der Waals surface area contributed by atoms with Gasteiger partial charge in [-0.1, -0.05) is 0 Å². The Balaban J connectivity index is 1.63. The van der Waals surface area contributed by atoms with Crippen LogP contribution in [0.4, 0.5) is 5.69 Å². The third-order valence-corrected chi connectivity index (χ3v) is 4.91.